The van der Waals surface area contributed by atoms with Gasteiger partial charge < -0.3 is 19.9 Å². The Kier molecular flexibility index (Phi) is 4.57. The predicted octanol–water partition coefficient (Wildman–Crippen LogP) is 1.87. The SMILES string of the molecule is COc1nc2ccccc2cc1CNCC1(O)CCOCC1. The number of hydrogen-bond acceptors (Lipinski definition) is 5. The van der Waals surface area contributed by atoms with Crippen LogP contribution in [0, 0.1) is 0 Å². The molecule has 0 atom stereocenters. The molecule has 1 aromatic heterocycles. The summed E-state index contributed by atoms with van der Waals surface area (Å²) in [6.07, 6.45) is 1.35. The van der Waals surface area contributed by atoms with Crippen molar-refractivity contribution in [3.63, 3.8) is 0 Å². The van der Waals surface area contributed by atoms with Gasteiger partial charge in [0.1, 0.15) is 0 Å². The van der Waals surface area contributed by atoms with Gasteiger partial charge in [-0.05, 0) is 12.1 Å². The van der Waals surface area contributed by atoms with Crippen molar-refractivity contribution in [2.45, 2.75) is 25.0 Å². The van der Waals surface area contributed by atoms with E-state index in [9.17, 15) is 5.11 Å². The fourth-order valence-corrected chi connectivity index (χ4v) is 2.80. The van der Waals surface area contributed by atoms with E-state index in [1.165, 1.54) is 0 Å². The molecule has 1 aromatic carbocycles. The third kappa shape index (κ3) is 3.38. The van der Waals surface area contributed by atoms with E-state index in [2.05, 4.69) is 16.4 Å². The number of aromatic nitrogens is 1. The topological polar surface area (TPSA) is 63.6 Å². The summed E-state index contributed by atoms with van der Waals surface area (Å²) >= 11 is 0. The van der Waals surface area contributed by atoms with Gasteiger partial charge in [-0.3, -0.25) is 0 Å². The van der Waals surface area contributed by atoms with Gasteiger partial charge in [0, 0.05) is 50.1 Å². The predicted molar refractivity (Wildman–Crippen MR) is 85.0 cm³/mol. The van der Waals surface area contributed by atoms with E-state index in [0.29, 0.717) is 45.0 Å². The second-order valence-corrected chi connectivity index (χ2v) is 5.79. The minimum atomic E-state index is -0.671. The molecule has 0 radical (unpaired) electrons. The number of pyridine rings is 1. The lowest BCUT2D eigenvalue weighted by Crippen LogP contribution is -2.44. The summed E-state index contributed by atoms with van der Waals surface area (Å²) in [5, 5.41) is 14.9. The van der Waals surface area contributed by atoms with E-state index >= 15 is 0 Å². The summed E-state index contributed by atoms with van der Waals surface area (Å²) < 4.78 is 10.7. The van der Waals surface area contributed by atoms with Gasteiger partial charge in [0.2, 0.25) is 5.88 Å². The molecule has 0 saturated carbocycles. The van der Waals surface area contributed by atoms with Crippen LogP contribution in [-0.4, -0.2) is 42.6 Å². The zero-order valence-electron chi connectivity index (χ0n) is 12.8. The van der Waals surface area contributed by atoms with Crippen LogP contribution in [0.25, 0.3) is 10.9 Å². The van der Waals surface area contributed by atoms with E-state index in [1.54, 1.807) is 7.11 Å². The molecular weight excluding hydrogens is 280 g/mol. The van der Waals surface area contributed by atoms with Crippen molar-refractivity contribution in [3.05, 3.63) is 35.9 Å². The van der Waals surface area contributed by atoms with E-state index in [1.807, 2.05) is 24.3 Å². The van der Waals surface area contributed by atoms with Crippen molar-refractivity contribution in [3.8, 4) is 5.88 Å². The minimum absolute atomic E-state index is 0.548. The average Bonchev–Trinajstić information content (AvgIpc) is 2.54. The number of aliphatic hydroxyl groups is 1. The quantitative estimate of drug-likeness (QED) is 0.883. The molecule has 0 unspecified atom stereocenters. The molecule has 5 heteroatoms. The van der Waals surface area contributed by atoms with Gasteiger partial charge in [0.25, 0.3) is 0 Å². The summed E-state index contributed by atoms with van der Waals surface area (Å²) in [4.78, 5) is 4.53. The molecule has 2 heterocycles. The monoisotopic (exact) mass is 302 g/mol. The highest BCUT2D eigenvalue weighted by molar-refractivity contribution is 5.80. The van der Waals surface area contributed by atoms with Crippen LogP contribution >= 0.6 is 0 Å². The molecule has 1 saturated heterocycles. The van der Waals surface area contributed by atoms with Crippen LogP contribution in [0.5, 0.6) is 5.88 Å². The fourth-order valence-electron chi connectivity index (χ4n) is 2.80. The summed E-state index contributed by atoms with van der Waals surface area (Å²) in [7, 11) is 1.63. The summed E-state index contributed by atoms with van der Waals surface area (Å²) in [6.45, 7) is 2.41. The Morgan fingerprint density at radius 1 is 1.32 bits per heavy atom. The van der Waals surface area contributed by atoms with Crippen LogP contribution in [0.4, 0.5) is 0 Å². The molecule has 22 heavy (non-hydrogen) atoms. The van der Waals surface area contributed by atoms with Gasteiger partial charge in [-0.1, -0.05) is 18.2 Å². The number of fused-ring (bicyclic) bond motifs is 1. The third-order valence-electron chi connectivity index (χ3n) is 4.15. The molecule has 2 N–H and O–H groups in total. The van der Waals surface area contributed by atoms with Crippen LogP contribution < -0.4 is 10.1 Å². The molecule has 3 rings (SSSR count). The molecule has 0 spiro atoms. The van der Waals surface area contributed by atoms with E-state index in [-0.39, 0.29) is 0 Å². The lowest BCUT2D eigenvalue weighted by molar-refractivity contribution is -0.0617. The Bertz CT molecular complexity index is 639. The lowest BCUT2D eigenvalue weighted by atomic mass is 9.94. The van der Waals surface area contributed by atoms with Crippen LogP contribution in [0.15, 0.2) is 30.3 Å². The normalized spacial score (nSPS) is 17.5. The van der Waals surface area contributed by atoms with Gasteiger partial charge in [-0.2, -0.15) is 0 Å². The van der Waals surface area contributed by atoms with Gasteiger partial charge in [0.05, 0.1) is 18.2 Å². The number of nitrogens with one attached hydrogen (secondary N) is 1. The fraction of sp³-hybridized carbons (Fsp3) is 0.471. The van der Waals surface area contributed by atoms with E-state index < -0.39 is 5.60 Å². The zero-order valence-corrected chi connectivity index (χ0v) is 12.8. The maximum atomic E-state index is 10.5. The van der Waals surface area contributed by atoms with Crippen LogP contribution in [-0.2, 0) is 11.3 Å². The van der Waals surface area contributed by atoms with Crippen LogP contribution in [0.1, 0.15) is 18.4 Å². The van der Waals surface area contributed by atoms with Gasteiger partial charge in [-0.15, -0.1) is 0 Å². The first kappa shape index (κ1) is 15.2. The van der Waals surface area contributed by atoms with E-state index in [0.717, 1.165) is 16.5 Å². The molecular formula is C17H22N2O3. The second-order valence-electron chi connectivity index (χ2n) is 5.79. The van der Waals surface area contributed by atoms with Crippen molar-refractivity contribution >= 4 is 10.9 Å². The molecule has 0 bridgehead atoms. The molecule has 0 aliphatic carbocycles. The molecule has 1 aliphatic rings. The molecule has 118 valence electrons. The first-order valence-corrected chi connectivity index (χ1v) is 7.64. The second kappa shape index (κ2) is 6.60. The number of hydrogen-bond donors (Lipinski definition) is 2. The van der Waals surface area contributed by atoms with Crippen LogP contribution in [0.2, 0.25) is 0 Å². The third-order valence-corrected chi connectivity index (χ3v) is 4.15. The maximum absolute atomic E-state index is 10.5. The van der Waals surface area contributed by atoms with Crippen LogP contribution in [0.3, 0.4) is 0 Å². The Hall–Kier alpha value is -1.69. The first-order valence-electron chi connectivity index (χ1n) is 7.64. The molecule has 1 fully saturated rings. The zero-order chi connectivity index (χ0) is 15.4. The summed E-state index contributed by atoms with van der Waals surface area (Å²) in [6, 6.07) is 10.1. The molecule has 5 nitrogen and oxygen atoms in total. The van der Waals surface area contributed by atoms with Crippen molar-refractivity contribution in [1.82, 2.24) is 10.3 Å². The maximum Gasteiger partial charge on any atom is 0.218 e. The van der Waals surface area contributed by atoms with Crippen molar-refractivity contribution in [2.75, 3.05) is 26.9 Å². The number of para-hydroxylation sites is 1. The standard InChI is InChI=1S/C17H22N2O3/c1-21-16-14(10-13-4-2-3-5-15(13)19-16)11-18-12-17(20)6-8-22-9-7-17/h2-5,10,18,20H,6-9,11-12H2,1H3. The highest BCUT2D eigenvalue weighted by Crippen LogP contribution is 2.23. The molecule has 1 aliphatic heterocycles. The summed E-state index contributed by atoms with van der Waals surface area (Å²) in [5.41, 5.74) is 1.25. The smallest absolute Gasteiger partial charge is 0.218 e. The number of benzene rings is 1. The molecule has 2 aromatic rings. The summed E-state index contributed by atoms with van der Waals surface area (Å²) in [5.74, 6) is 0.630. The number of rotatable bonds is 5. The highest BCUT2D eigenvalue weighted by atomic mass is 16.5. The number of nitrogens with zero attached hydrogens (tertiary/aromatic N) is 1. The Morgan fingerprint density at radius 3 is 2.86 bits per heavy atom. The average molecular weight is 302 g/mol. The largest absolute Gasteiger partial charge is 0.481 e. The van der Waals surface area contributed by atoms with Gasteiger partial charge in [0.15, 0.2) is 0 Å². The highest BCUT2D eigenvalue weighted by Gasteiger charge is 2.29. The Morgan fingerprint density at radius 2 is 2.09 bits per heavy atom. The van der Waals surface area contributed by atoms with Crippen molar-refractivity contribution in [1.29, 1.82) is 0 Å². The van der Waals surface area contributed by atoms with Crippen molar-refractivity contribution < 1.29 is 14.6 Å². The minimum Gasteiger partial charge on any atom is -0.481 e. The van der Waals surface area contributed by atoms with Gasteiger partial charge in [-0.25, -0.2) is 4.98 Å². The Labute approximate surface area is 130 Å². The Balaban J connectivity index is 1.70. The first-order chi connectivity index (χ1) is 10.7. The number of ether oxygens (including phenoxy) is 2. The number of methoxy groups -OCH3 is 1. The van der Waals surface area contributed by atoms with E-state index in [4.69, 9.17) is 9.47 Å². The molecule has 0 amide bonds. The van der Waals surface area contributed by atoms with Gasteiger partial charge >= 0.3 is 0 Å². The van der Waals surface area contributed by atoms with Crippen molar-refractivity contribution in [2.24, 2.45) is 0 Å². The lowest BCUT2D eigenvalue weighted by Gasteiger charge is -2.32.